The van der Waals surface area contributed by atoms with Crippen LogP contribution in [0.3, 0.4) is 0 Å². The first-order valence-corrected chi connectivity index (χ1v) is 4.84. The molecule has 0 aliphatic heterocycles. The Hall–Kier alpha value is -2.50. The quantitative estimate of drug-likeness (QED) is 0.618. The van der Waals surface area contributed by atoms with Crippen molar-refractivity contribution >= 4 is 12.1 Å². The largest absolute Gasteiger partial charge is 0.289 e. The van der Waals surface area contributed by atoms with E-state index in [9.17, 15) is 9.18 Å². The predicted molar refractivity (Wildman–Crippen MR) is 60.0 cm³/mol. The van der Waals surface area contributed by atoms with Gasteiger partial charge in [-0.15, -0.1) is 0 Å². The van der Waals surface area contributed by atoms with Gasteiger partial charge in [-0.25, -0.2) is 9.82 Å². The van der Waals surface area contributed by atoms with Crippen LogP contribution in [0.5, 0.6) is 0 Å². The summed E-state index contributed by atoms with van der Waals surface area (Å²) < 4.78 is 12.6. The van der Waals surface area contributed by atoms with Crippen LogP contribution < -0.4 is 5.43 Å². The first-order valence-electron chi connectivity index (χ1n) is 4.84. The van der Waals surface area contributed by atoms with Crippen LogP contribution in [0.4, 0.5) is 4.39 Å². The number of nitrogens with zero attached hydrogens (tertiary/aromatic N) is 2. The van der Waals surface area contributed by atoms with E-state index in [1.807, 2.05) is 0 Å². The Morgan fingerprint density at radius 2 is 2.12 bits per heavy atom. The number of amides is 1. The van der Waals surface area contributed by atoms with Gasteiger partial charge in [-0.1, -0.05) is 12.1 Å². The molecule has 2 aromatic rings. The zero-order valence-electron chi connectivity index (χ0n) is 8.72. The van der Waals surface area contributed by atoms with Crippen molar-refractivity contribution in [1.82, 2.24) is 15.6 Å². The van der Waals surface area contributed by atoms with Crippen molar-refractivity contribution < 1.29 is 9.18 Å². The minimum absolute atomic E-state index is 0.316. The SMILES string of the molecule is O=C(N/N=C\c1ccc(F)cc1)c1ccn[nH]1. The molecule has 0 saturated carbocycles. The van der Waals surface area contributed by atoms with E-state index in [2.05, 4.69) is 20.7 Å². The van der Waals surface area contributed by atoms with Gasteiger partial charge < -0.3 is 0 Å². The standard InChI is InChI=1S/C11H9FN4O/c12-9-3-1-8(2-4-9)7-14-16-11(17)10-5-6-13-15-10/h1-7H,(H,13,15)(H,16,17)/b14-7-. The van der Waals surface area contributed by atoms with Gasteiger partial charge in [0.2, 0.25) is 0 Å². The molecule has 0 saturated heterocycles. The Morgan fingerprint density at radius 1 is 1.35 bits per heavy atom. The van der Waals surface area contributed by atoms with Crippen molar-refractivity contribution in [3.8, 4) is 0 Å². The predicted octanol–water partition coefficient (Wildman–Crippen LogP) is 1.31. The molecule has 1 heterocycles. The third-order valence-electron chi connectivity index (χ3n) is 2.00. The number of hydrazone groups is 1. The topological polar surface area (TPSA) is 70.1 Å². The fraction of sp³-hybridized carbons (Fsp3) is 0. The highest BCUT2D eigenvalue weighted by atomic mass is 19.1. The van der Waals surface area contributed by atoms with Gasteiger partial charge in [0.1, 0.15) is 11.5 Å². The summed E-state index contributed by atoms with van der Waals surface area (Å²) in [4.78, 5) is 11.4. The Labute approximate surface area is 96.4 Å². The van der Waals surface area contributed by atoms with Gasteiger partial charge in [-0.2, -0.15) is 10.2 Å². The molecule has 1 amide bonds. The molecule has 86 valence electrons. The van der Waals surface area contributed by atoms with Crippen molar-refractivity contribution in [2.45, 2.75) is 0 Å². The van der Waals surface area contributed by atoms with Gasteiger partial charge in [0.15, 0.2) is 0 Å². The first kappa shape index (κ1) is 11.0. The normalized spacial score (nSPS) is 10.6. The fourth-order valence-corrected chi connectivity index (χ4v) is 1.16. The highest BCUT2D eigenvalue weighted by Crippen LogP contribution is 1.99. The van der Waals surface area contributed by atoms with Gasteiger partial charge in [0.25, 0.3) is 5.91 Å². The van der Waals surface area contributed by atoms with Gasteiger partial charge in [-0.05, 0) is 23.8 Å². The van der Waals surface area contributed by atoms with Crippen LogP contribution in [0.15, 0.2) is 41.6 Å². The van der Waals surface area contributed by atoms with E-state index >= 15 is 0 Å². The third kappa shape index (κ3) is 2.97. The number of H-pyrrole nitrogens is 1. The average molecular weight is 232 g/mol. The smallest absolute Gasteiger partial charge is 0.273 e. The summed E-state index contributed by atoms with van der Waals surface area (Å²) in [6.45, 7) is 0. The Bertz CT molecular complexity index is 519. The molecule has 0 radical (unpaired) electrons. The highest BCUT2D eigenvalue weighted by Gasteiger charge is 2.03. The Balaban J connectivity index is 1.94. The molecule has 0 spiro atoms. The summed E-state index contributed by atoms with van der Waals surface area (Å²) in [6, 6.07) is 7.28. The minimum Gasteiger partial charge on any atom is -0.273 e. The molecular weight excluding hydrogens is 223 g/mol. The number of hydrogen-bond acceptors (Lipinski definition) is 3. The molecule has 17 heavy (non-hydrogen) atoms. The van der Waals surface area contributed by atoms with E-state index in [1.165, 1.54) is 30.6 Å². The van der Waals surface area contributed by atoms with Gasteiger partial charge in [-0.3, -0.25) is 9.89 Å². The lowest BCUT2D eigenvalue weighted by Gasteiger charge is -1.95. The second-order valence-corrected chi connectivity index (χ2v) is 3.22. The number of hydrogen-bond donors (Lipinski definition) is 2. The molecule has 2 N–H and O–H groups in total. The maximum Gasteiger partial charge on any atom is 0.289 e. The molecule has 0 fully saturated rings. The Morgan fingerprint density at radius 3 is 2.76 bits per heavy atom. The van der Waals surface area contributed by atoms with E-state index in [1.54, 1.807) is 12.1 Å². The molecule has 2 rings (SSSR count). The number of nitrogens with one attached hydrogen (secondary N) is 2. The monoisotopic (exact) mass is 232 g/mol. The third-order valence-corrected chi connectivity index (χ3v) is 2.00. The van der Waals surface area contributed by atoms with Crippen LogP contribution in [-0.4, -0.2) is 22.3 Å². The van der Waals surface area contributed by atoms with Crippen molar-refractivity contribution in [2.24, 2.45) is 5.10 Å². The lowest BCUT2D eigenvalue weighted by molar-refractivity contribution is 0.0950. The lowest BCUT2D eigenvalue weighted by atomic mass is 10.2. The number of carbonyl (C=O) groups is 1. The average Bonchev–Trinajstić information content (AvgIpc) is 2.85. The van der Waals surface area contributed by atoms with E-state index in [4.69, 9.17) is 0 Å². The van der Waals surface area contributed by atoms with Crippen molar-refractivity contribution in [3.05, 3.63) is 53.6 Å². The number of benzene rings is 1. The summed E-state index contributed by atoms with van der Waals surface area (Å²) in [5.74, 6) is -0.704. The zero-order chi connectivity index (χ0) is 12.1. The number of rotatable bonds is 3. The maximum absolute atomic E-state index is 12.6. The van der Waals surface area contributed by atoms with E-state index < -0.39 is 0 Å². The van der Waals surface area contributed by atoms with Crippen molar-refractivity contribution in [1.29, 1.82) is 0 Å². The minimum atomic E-state index is -0.388. The van der Waals surface area contributed by atoms with E-state index in [-0.39, 0.29) is 11.7 Å². The van der Waals surface area contributed by atoms with Crippen molar-refractivity contribution in [3.63, 3.8) is 0 Å². The molecule has 1 aromatic carbocycles. The van der Waals surface area contributed by atoms with Crippen LogP contribution >= 0.6 is 0 Å². The van der Waals surface area contributed by atoms with E-state index in [0.29, 0.717) is 11.3 Å². The summed E-state index contributed by atoms with van der Waals surface area (Å²) >= 11 is 0. The zero-order valence-corrected chi connectivity index (χ0v) is 8.72. The Kier molecular flexibility index (Phi) is 3.25. The summed E-state index contributed by atoms with van der Waals surface area (Å²) in [6.07, 6.45) is 2.90. The molecule has 0 aliphatic carbocycles. The van der Waals surface area contributed by atoms with Crippen LogP contribution in [0.2, 0.25) is 0 Å². The summed E-state index contributed by atoms with van der Waals surface area (Å²) in [7, 11) is 0. The lowest BCUT2D eigenvalue weighted by Crippen LogP contribution is -2.17. The highest BCUT2D eigenvalue weighted by molar-refractivity contribution is 5.92. The molecule has 0 unspecified atom stereocenters. The second-order valence-electron chi connectivity index (χ2n) is 3.22. The number of halogens is 1. The number of aromatic nitrogens is 2. The van der Waals surface area contributed by atoms with Crippen LogP contribution in [-0.2, 0) is 0 Å². The van der Waals surface area contributed by atoms with Crippen LogP contribution in [0.1, 0.15) is 16.1 Å². The van der Waals surface area contributed by atoms with Crippen molar-refractivity contribution in [2.75, 3.05) is 0 Å². The number of carbonyl (C=O) groups excluding carboxylic acids is 1. The van der Waals surface area contributed by atoms with Gasteiger partial charge in [0, 0.05) is 6.20 Å². The maximum atomic E-state index is 12.6. The molecule has 0 bridgehead atoms. The van der Waals surface area contributed by atoms with Gasteiger partial charge >= 0.3 is 0 Å². The molecular formula is C11H9FN4O. The first-order chi connectivity index (χ1) is 8.25. The van der Waals surface area contributed by atoms with E-state index in [0.717, 1.165) is 0 Å². The molecule has 6 heteroatoms. The molecule has 1 aromatic heterocycles. The molecule has 0 aliphatic rings. The molecule has 0 atom stereocenters. The fourth-order valence-electron chi connectivity index (χ4n) is 1.16. The summed E-state index contributed by atoms with van der Waals surface area (Å²) in [5.41, 5.74) is 3.33. The molecule has 5 nitrogen and oxygen atoms in total. The second kappa shape index (κ2) is 5.02. The van der Waals surface area contributed by atoms with Gasteiger partial charge in [0.05, 0.1) is 6.21 Å². The number of aromatic amines is 1. The van der Waals surface area contributed by atoms with Crippen LogP contribution in [0, 0.1) is 5.82 Å². The summed E-state index contributed by atoms with van der Waals surface area (Å²) in [5, 5.41) is 9.88. The van der Waals surface area contributed by atoms with Crippen LogP contribution in [0.25, 0.3) is 0 Å².